The molecule has 0 bridgehead atoms. The van der Waals surface area contributed by atoms with Gasteiger partial charge in [-0.05, 0) is 31.4 Å². The van der Waals surface area contributed by atoms with Crippen LogP contribution in [-0.4, -0.2) is 36.2 Å². The topological polar surface area (TPSA) is 36.7 Å². The lowest BCUT2D eigenvalue weighted by Crippen LogP contribution is -2.55. The molecule has 1 aliphatic rings. The molecule has 1 amide bonds. The first kappa shape index (κ1) is 15.2. The minimum absolute atomic E-state index is 0.154. The fourth-order valence-corrected chi connectivity index (χ4v) is 3.59. The molecule has 22 heavy (non-hydrogen) atoms. The summed E-state index contributed by atoms with van der Waals surface area (Å²) in [6, 6.07) is 10.2. The number of para-hydroxylation sites is 1. The fourth-order valence-electron chi connectivity index (χ4n) is 2.99. The van der Waals surface area contributed by atoms with Gasteiger partial charge in [0.05, 0.1) is 24.8 Å². The number of thioether (sulfide) groups is 1. The highest BCUT2D eigenvalue weighted by molar-refractivity contribution is 7.98. The first-order chi connectivity index (χ1) is 10.7. The van der Waals surface area contributed by atoms with Crippen LogP contribution in [0.25, 0.3) is 0 Å². The van der Waals surface area contributed by atoms with Crippen LogP contribution in [0.1, 0.15) is 12.5 Å². The van der Waals surface area contributed by atoms with E-state index in [2.05, 4.69) is 17.9 Å². The van der Waals surface area contributed by atoms with Crippen LogP contribution in [0.3, 0.4) is 0 Å². The third kappa shape index (κ3) is 3.05. The van der Waals surface area contributed by atoms with Crippen LogP contribution in [0, 0.1) is 0 Å². The molecule has 3 rings (SSSR count). The molecule has 116 valence electrons. The van der Waals surface area contributed by atoms with Gasteiger partial charge >= 0.3 is 0 Å². The van der Waals surface area contributed by atoms with Crippen molar-refractivity contribution >= 4 is 23.4 Å². The average Bonchev–Trinajstić information content (AvgIpc) is 3.00. The van der Waals surface area contributed by atoms with Crippen molar-refractivity contribution in [2.24, 2.45) is 0 Å². The second kappa shape index (κ2) is 6.58. The molecule has 1 fully saturated rings. The van der Waals surface area contributed by atoms with Gasteiger partial charge in [-0.1, -0.05) is 12.1 Å². The van der Waals surface area contributed by atoms with Crippen molar-refractivity contribution in [3.05, 3.63) is 48.4 Å². The van der Waals surface area contributed by atoms with Crippen LogP contribution in [0.15, 0.2) is 52.2 Å². The smallest absolute Gasteiger partial charge is 0.241 e. The number of furan rings is 1. The maximum Gasteiger partial charge on any atom is 0.241 e. The number of carbonyl (C=O) groups excluding carboxylic acids is 1. The van der Waals surface area contributed by atoms with Crippen LogP contribution >= 0.6 is 11.8 Å². The Morgan fingerprint density at radius 3 is 2.82 bits per heavy atom. The van der Waals surface area contributed by atoms with Crippen LogP contribution in [0.5, 0.6) is 0 Å². The molecule has 1 atom stereocenters. The molecular weight excluding hydrogens is 296 g/mol. The highest BCUT2D eigenvalue weighted by Gasteiger charge is 2.31. The lowest BCUT2D eigenvalue weighted by Gasteiger charge is -2.40. The van der Waals surface area contributed by atoms with E-state index in [9.17, 15) is 4.79 Å². The Morgan fingerprint density at radius 1 is 1.32 bits per heavy atom. The summed E-state index contributed by atoms with van der Waals surface area (Å²) in [7, 11) is 0. The maximum atomic E-state index is 12.7. The monoisotopic (exact) mass is 316 g/mol. The van der Waals surface area contributed by atoms with E-state index in [4.69, 9.17) is 4.42 Å². The molecule has 1 aromatic carbocycles. The third-order valence-corrected chi connectivity index (χ3v) is 4.71. The standard InChI is InChI=1S/C17H20N2O2S/c1-13-9-18(10-14-7-8-21-12-14)11-17(20)19(13)15-5-3-4-6-16(15)22-2/h3-8,12-13H,9-11H2,1-2H3. The predicted octanol–water partition coefficient (Wildman–Crippen LogP) is 3.24. The number of piperazine rings is 1. The Morgan fingerprint density at radius 2 is 2.14 bits per heavy atom. The Kier molecular flexibility index (Phi) is 4.55. The summed E-state index contributed by atoms with van der Waals surface area (Å²) in [5.41, 5.74) is 2.13. The zero-order valence-electron chi connectivity index (χ0n) is 12.9. The predicted molar refractivity (Wildman–Crippen MR) is 89.2 cm³/mol. The van der Waals surface area contributed by atoms with Crippen molar-refractivity contribution in [3.63, 3.8) is 0 Å². The quantitative estimate of drug-likeness (QED) is 0.812. The van der Waals surface area contributed by atoms with Gasteiger partial charge in [-0.3, -0.25) is 9.69 Å². The van der Waals surface area contributed by atoms with Gasteiger partial charge in [0.15, 0.2) is 0 Å². The molecule has 1 unspecified atom stereocenters. The summed E-state index contributed by atoms with van der Waals surface area (Å²) in [4.78, 5) is 17.9. The van der Waals surface area contributed by atoms with Crippen molar-refractivity contribution in [2.75, 3.05) is 24.2 Å². The van der Waals surface area contributed by atoms with E-state index in [1.807, 2.05) is 35.4 Å². The zero-order chi connectivity index (χ0) is 15.5. The molecule has 1 saturated heterocycles. The molecule has 0 N–H and O–H groups in total. The number of nitrogens with zero attached hydrogens (tertiary/aromatic N) is 2. The van der Waals surface area contributed by atoms with E-state index in [1.165, 1.54) is 0 Å². The van der Waals surface area contributed by atoms with Crippen LogP contribution in [0.4, 0.5) is 5.69 Å². The third-order valence-electron chi connectivity index (χ3n) is 3.92. The Hall–Kier alpha value is -1.72. The number of benzene rings is 1. The normalized spacial score (nSPS) is 19.6. The highest BCUT2D eigenvalue weighted by Crippen LogP contribution is 2.31. The number of carbonyl (C=O) groups is 1. The molecule has 0 saturated carbocycles. The molecule has 0 spiro atoms. The van der Waals surface area contributed by atoms with Gasteiger partial charge in [-0.15, -0.1) is 11.8 Å². The van der Waals surface area contributed by atoms with Crippen molar-refractivity contribution < 1.29 is 9.21 Å². The minimum atomic E-state index is 0.154. The summed E-state index contributed by atoms with van der Waals surface area (Å²) >= 11 is 1.68. The zero-order valence-corrected chi connectivity index (χ0v) is 13.7. The average molecular weight is 316 g/mol. The minimum Gasteiger partial charge on any atom is -0.472 e. The van der Waals surface area contributed by atoms with Gasteiger partial charge in [0.2, 0.25) is 5.91 Å². The molecule has 0 radical (unpaired) electrons. The number of hydrogen-bond acceptors (Lipinski definition) is 4. The molecule has 5 heteroatoms. The van der Waals surface area contributed by atoms with Crippen LogP contribution in [-0.2, 0) is 11.3 Å². The van der Waals surface area contributed by atoms with Gasteiger partial charge in [0.1, 0.15) is 0 Å². The van der Waals surface area contributed by atoms with Gasteiger partial charge < -0.3 is 9.32 Å². The molecule has 0 aliphatic carbocycles. The number of amides is 1. The van der Waals surface area contributed by atoms with Crippen molar-refractivity contribution in [1.29, 1.82) is 0 Å². The van der Waals surface area contributed by atoms with Crippen molar-refractivity contribution in [2.45, 2.75) is 24.4 Å². The largest absolute Gasteiger partial charge is 0.472 e. The van der Waals surface area contributed by atoms with Gasteiger partial charge in [-0.25, -0.2) is 0 Å². The van der Waals surface area contributed by atoms with Gasteiger partial charge in [0.25, 0.3) is 0 Å². The molecular formula is C17H20N2O2S. The van der Waals surface area contributed by atoms with Crippen molar-refractivity contribution in [1.82, 2.24) is 4.90 Å². The Balaban J connectivity index is 1.77. The molecule has 1 aliphatic heterocycles. The second-order valence-electron chi connectivity index (χ2n) is 5.59. The molecule has 1 aromatic heterocycles. The van der Waals surface area contributed by atoms with E-state index in [-0.39, 0.29) is 11.9 Å². The summed E-state index contributed by atoms with van der Waals surface area (Å²) in [6.45, 7) is 4.17. The second-order valence-corrected chi connectivity index (χ2v) is 6.43. The first-order valence-electron chi connectivity index (χ1n) is 7.37. The molecule has 2 aromatic rings. The lowest BCUT2D eigenvalue weighted by atomic mass is 10.1. The van der Waals surface area contributed by atoms with Gasteiger partial charge in [0, 0.05) is 29.6 Å². The van der Waals surface area contributed by atoms with E-state index in [1.54, 1.807) is 24.3 Å². The highest BCUT2D eigenvalue weighted by atomic mass is 32.2. The number of rotatable bonds is 4. The van der Waals surface area contributed by atoms with Crippen LogP contribution in [0.2, 0.25) is 0 Å². The van der Waals surface area contributed by atoms with Crippen LogP contribution < -0.4 is 4.90 Å². The first-order valence-corrected chi connectivity index (χ1v) is 8.60. The van der Waals surface area contributed by atoms with Crippen molar-refractivity contribution in [3.8, 4) is 0 Å². The lowest BCUT2D eigenvalue weighted by molar-refractivity contribution is -0.122. The summed E-state index contributed by atoms with van der Waals surface area (Å²) in [5.74, 6) is 0.156. The number of anilines is 1. The summed E-state index contributed by atoms with van der Waals surface area (Å²) < 4.78 is 5.11. The van der Waals surface area contributed by atoms with E-state index >= 15 is 0 Å². The number of hydrogen-bond donors (Lipinski definition) is 0. The molecule has 4 nitrogen and oxygen atoms in total. The van der Waals surface area contributed by atoms with Gasteiger partial charge in [-0.2, -0.15) is 0 Å². The Bertz CT molecular complexity index is 642. The van der Waals surface area contributed by atoms with E-state index < -0.39 is 0 Å². The summed E-state index contributed by atoms with van der Waals surface area (Å²) in [6.07, 6.45) is 5.46. The maximum absolute atomic E-state index is 12.7. The SMILES string of the molecule is CSc1ccccc1N1C(=O)CN(Cc2ccoc2)CC1C. The Labute approximate surface area is 135 Å². The van der Waals surface area contributed by atoms with E-state index in [0.29, 0.717) is 6.54 Å². The van der Waals surface area contributed by atoms with E-state index in [0.717, 1.165) is 29.2 Å². The molecule has 2 heterocycles. The summed E-state index contributed by atoms with van der Waals surface area (Å²) in [5, 5.41) is 0. The fraction of sp³-hybridized carbons (Fsp3) is 0.353.